The fraction of sp³-hybridized carbons (Fsp3) is 0.400. The average Bonchev–Trinajstić information content (AvgIpc) is 2.83. The molecule has 100 valence electrons. The molecule has 1 aromatic carbocycles. The number of benzene rings is 1. The van der Waals surface area contributed by atoms with Gasteiger partial charge >= 0.3 is 0 Å². The van der Waals surface area contributed by atoms with Gasteiger partial charge in [-0.3, -0.25) is 4.79 Å². The highest BCUT2D eigenvalue weighted by Gasteiger charge is 2.23. The molecule has 1 aliphatic rings. The number of nitrogens with one attached hydrogen (secondary N) is 1. The average molecular weight is 258 g/mol. The van der Waals surface area contributed by atoms with E-state index in [1.165, 1.54) is 0 Å². The molecule has 1 unspecified atom stereocenters. The van der Waals surface area contributed by atoms with E-state index in [4.69, 9.17) is 4.42 Å². The van der Waals surface area contributed by atoms with E-state index < -0.39 is 0 Å². The first kappa shape index (κ1) is 12.2. The first-order chi connectivity index (χ1) is 9.25. The number of furan rings is 1. The third kappa shape index (κ3) is 2.36. The van der Waals surface area contributed by atoms with Crippen LogP contribution in [0.2, 0.25) is 0 Å². The van der Waals surface area contributed by atoms with Gasteiger partial charge in [-0.2, -0.15) is 0 Å². The number of hydrogen-bond acceptors (Lipinski definition) is 3. The zero-order valence-corrected chi connectivity index (χ0v) is 11.1. The van der Waals surface area contributed by atoms with E-state index in [1.807, 2.05) is 29.2 Å². The van der Waals surface area contributed by atoms with Crippen LogP contribution < -0.4 is 5.32 Å². The number of rotatable bonds is 2. The number of carbonyl (C=O) groups is 1. The second-order valence-corrected chi connectivity index (χ2v) is 5.07. The van der Waals surface area contributed by atoms with E-state index in [2.05, 4.69) is 12.2 Å². The smallest absolute Gasteiger partial charge is 0.227 e. The van der Waals surface area contributed by atoms with Crippen molar-refractivity contribution >= 4 is 16.9 Å². The molecule has 0 saturated carbocycles. The van der Waals surface area contributed by atoms with Crippen LogP contribution in [-0.2, 0) is 11.2 Å². The third-order valence-corrected chi connectivity index (χ3v) is 3.72. The van der Waals surface area contributed by atoms with Gasteiger partial charge in [0.15, 0.2) is 0 Å². The van der Waals surface area contributed by atoms with E-state index in [1.54, 1.807) is 6.26 Å². The number of hydrogen-bond donors (Lipinski definition) is 1. The first-order valence-electron chi connectivity index (χ1n) is 6.71. The summed E-state index contributed by atoms with van der Waals surface area (Å²) in [7, 11) is 0. The monoisotopic (exact) mass is 258 g/mol. The number of carbonyl (C=O) groups excluding carboxylic acids is 1. The van der Waals surface area contributed by atoms with Crippen LogP contribution in [0.25, 0.3) is 11.0 Å². The van der Waals surface area contributed by atoms with Gasteiger partial charge in [0.05, 0.1) is 12.7 Å². The summed E-state index contributed by atoms with van der Waals surface area (Å²) >= 11 is 0. The molecule has 1 N–H and O–H groups in total. The molecule has 19 heavy (non-hydrogen) atoms. The SMILES string of the molecule is CC1CNCCN1C(=O)Cc1coc2ccccc12. The Kier molecular flexibility index (Phi) is 3.25. The predicted octanol–water partition coefficient (Wildman–Crippen LogP) is 1.80. The van der Waals surface area contributed by atoms with E-state index in [9.17, 15) is 4.79 Å². The lowest BCUT2D eigenvalue weighted by atomic mass is 10.1. The van der Waals surface area contributed by atoms with Crippen molar-refractivity contribution in [2.45, 2.75) is 19.4 Å². The molecule has 1 atom stereocenters. The molecule has 0 spiro atoms. The van der Waals surface area contributed by atoms with Crippen LogP contribution in [0.5, 0.6) is 0 Å². The lowest BCUT2D eigenvalue weighted by Gasteiger charge is -2.34. The fourth-order valence-corrected chi connectivity index (χ4v) is 2.65. The molecule has 3 rings (SSSR count). The Morgan fingerprint density at radius 2 is 2.32 bits per heavy atom. The third-order valence-electron chi connectivity index (χ3n) is 3.72. The maximum Gasteiger partial charge on any atom is 0.227 e. The summed E-state index contributed by atoms with van der Waals surface area (Å²) in [6, 6.07) is 8.11. The minimum Gasteiger partial charge on any atom is -0.464 e. The van der Waals surface area contributed by atoms with Crippen molar-refractivity contribution in [2.24, 2.45) is 0 Å². The summed E-state index contributed by atoms with van der Waals surface area (Å²) in [5, 5.41) is 4.34. The summed E-state index contributed by atoms with van der Waals surface area (Å²) in [5.41, 5.74) is 1.82. The molecular formula is C15H18N2O2. The van der Waals surface area contributed by atoms with Gasteiger partial charge in [0.1, 0.15) is 5.58 Å². The van der Waals surface area contributed by atoms with Crippen LogP contribution >= 0.6 is 0 Å². The summed E-state index contributed by atoms with van der Waals surface area (Å²) in [4.78, 5) is 14.3. The van der Waals surface area contributed by atoms with Gasteiger partial charge in [0.2, 0.25) is 5.91 Å². The van der Waals surface area contributed by atoms with Crippen molar-refractivity contribution in [1.29, 1.82) is 0 Å². The Morgan fingerprint density at radius 1 is 1.47 bits per heavy atom. The van der Waals surface area contributed by atoms with E-state index >= 15 is 0 Å². The Morgan fingerprint density at radius 3 is 3.16 bits per heavy atom. The second kappa shape index (κ2) is 5.05. The number of piperazine rings is 1. The molecule has 1 amide bonds. The highest BCUT2D eigenvalue weighted by atomic mass is 16.3. The highest BCUT2D eigenvalue weighted by Crippen LogP contribution is 2.22. The molecular weight excluding hydrogens is 240 g/mol. The molecule has 0 bridgehead atoms. The molecule has 1 fully saturated rings. The van der Waals surface area contributed by atoms with Gasteiger partial charge in [-0.25, -0.2) is 0 Å². The summed E-state index contributed by atoms with van der Waals surface area (Å²) in [5.74, 6) is 0.181. The van der Waals surface area contributed by atoms with Crippen LogP contribution in [0.15, 0.2) is 34.9 Å². The van der Waals surface area contributed by atoms with E-state index in [0.29, 0.717) is 6.42 Å². The molecule has 0 aliphatic carbocycles. The molecule has 1 aromatic heterocycles. The molecule has 4 heteroatoms. The zero-order chi connectivity index (χ0) is 13.2. The molecule has 4 nitrogen and oxygen atoms in total. The van der Waals surface area contributed by atoms with Crippen LogP contribution in [0.1, 0.15) is 12.5 Å². The van der Waals surface area contributed by atoms with Crippen molar-refractivity contribution in [3.63, 3.8) is 0 Å². The molecule has 2 aromatic rings. The van der Waals surface area contributed by atoms with Gasteiger partial charge in [-0.05, 0) is 13.0 Å². The van der Waals surface area contributed by atoms with Crippen molar-refractivity contribution in [3.05, 3.63) is 36.1 Å². The first-order valence-corrected chi connectivity index (χ1v) is 6.71. The largest absolute Gasteiger partial charge is 0.464 e. The number of fused-ring (bicyclic) bond motifs is 1. The predicted molar refractivity (Wildman–Crippen MR) is 74.0 cm³/mol. The fourth-order valence-electron chi connectivity index (χ4n) is 2.65. The standard InChI is InChI=1S/C15H18N2O2/c1-11-9-16-6-7-17(11)15(18)8-12-10-19-14-5-3-2-4-13(12)14/h2-5,10-11,16H,6-9H2,1H3. The topological polar surface area (TPSA) is 45.5 Å². The van der Waals surface area contributed by atoms with Gasteiger partial charge < -0.3 is 14.6 Å². The number of nitrogens with zero attached hydrogens (tertiary/aromatic N) is 1. The molecule has 1 aliphatic heterocycles. The normalized spacial score (nSPS) is 19.8. The van der Waals surface area contributed by atoms with Crippen LogP contribution in [-0.4, -0.2) is 36.5 Å². The summed E-state index contributed by atoms with van der Waals surface area (Å²) < 4.78 is 5.48. The second-order valence-electron chi connectivity index (χ2n) is 5.07. The minimum atomic E-state index is 0.181. The minimum absolute atomic E-state index is 0.181. The maximum atomic E-state index is 12.4. The van der Waals surface area contributed by atoms with E-state index in [-0.39, 0.29) is 11.9 Å². The maximum absolute atomic E-state index is 12.4. The van der Waals surface area contributed by atoms with Crippen LogP contribution in [0.4, 0.5) is 0 Å². The number of para-hydroxylation sites is 1. The van der Waals surface area contributed by atoms with Gasteiger partial charge in [-0.15, -0.1) is 0 Å². The Balaban J connectivity index is 1.79. The van der Waals surface area contributed by atoms with Crippen molar-refractivity contribution in [1.82, 2.24) is 10.2 Å². The van der Waals surface area contributed by atoms with Crippen LogP contribution in [0.3, 0.4) is 0 Å². The van der Waals surface area contributed by atoms with Gasteiger partial charge in [-0.1, -0.05) is 18.2 Å². The zero-order valence-electron chi connectivity index (χ0n) is 11.1. The molecule has 0 radical (unpaired) electrons. The van der Waals surface area contributed by atoms with E-state index in [0.717, 1.165) is 36.2 Å². The summed E-state index contributed by atoms with van der Waals surface area (Å²) in [6.07, 6.45) is 2.12. The molecule has 1 saturated heterocycles. The quantitative estimate of drug-likeness (QED) is 0.893. The lowest BCUT2D eigenvalue weighted by Crippen LogP contribution is -2.52. The highest BCUT2D eigenvalue weighted by molar-refractivity contribution is 5.87. The van der Waals surface area contributed by atoms with Gasteiger partial charge in [0.25, 0.3) is 0 Å². The number of amides is 1. The Bertz CT molecular complexity index is 591. The molecule has 2 heterocycles. The van der Waals surface area contributed by atoms with Gasteiger partial charge in [0, 0.05) is 36.6 Å². The van der Waals surface area contributed by atoms with Crippen molar-refractivity contribution in [2.75, 3.05) is 19.6 Å². The Labute approximate surface area is 112 Å². The summed E-state index contributed by atoms with van der Waals surface area (Å²) in [6.45, 7) is 4.62. The van der Waals surface area contributed by atoms with Crippen molar-refractivity contribution < 1.29 is 9.21 Å². The lowest BCUT2D eigenvalue weighted by molar-refractivity contribution is -0.133. The van der Waals surface area contributed by atoms with Crippen molar-refractivity contribution in [3.8, 4) is 0 Å². The van der Waals surface area contributed by atoms with Crippen LogP contribution in [0, 0.1) is 0 Å². The Hall–Kier alpha value is -1.81.